The summed E-state index contributed by atoms with van der Waals surface area (Å²) in [5, 5.41) is 0.129. The lowest BCUT2D eigenvalue weighted by atomic mass is 10.0. The van der Waals surface area contributed by atoms with Crippen molar-refractivity contribution in [1.29, 1.82) is 0 Å². The first kappa shape index (κ1) is 11.9. The van der Waals surface area contributed by atoms with Gasteiger partial charge in [-0.3, -0.25) is 0 Å². The molecular weight excluding hydrogens is 256 g/mol. The van der Waals surface area contributed by atoms with E-state index in [1.807, 2.05) is 0 Å². The molecule has 0 aliphatic rings. The highest BCUT2D eigenvalue weighted by Crippen LogP contribution is 2.30. The molecule has 0 saturated carbocycles. The molecule has 0 nitrogen and oxygen atoms in total. The Kier molecular flexibility index (Phi) is 3.07. The van der Waals surface area contributed by atoms with Crippen LogP contribution in [-0.4, -0.2) is 0 Å². The quantitative estimate of drug-likeness (QED) is 0.659. The Hall–Kier alpha value is -1.55. The molecule has 0 spiro atoms. The third kappa shape index (κ3) is 2.26. The van der Waals surface area contributed by atoms with Gasteiger partial charge in [-0.1, -0.05) is 11.6 Å². The van der Waals surface area contributed by atoms with E-state index in [-0.39, 0.29) is 10.6 Å². The predicted octanol–water partition coefficient (Wildman–Crippen LogP) is 4.56. The molecule has 0 atom stereocenters. The van der Waals surface area contributed by atoms with Gasteiger partial charge in [0.25, 0.3) is 0 Å². The Morgan fingerprint density at radius 1 is 0.765 bits per heavy atom. The van der Waals surface area contributed by atoms with Gasteiger partial charge in [-0.15, -0.1) is 0 Å². The maximum absolute atomic E-state index is 13.4. The number of hydrogen-bond acceptors (Lipinski definition) is 0. The van der Waals surface area contributed by atoms with Gasteiger partial charge < -0.3 is 0 Å². The number of benzene rings is 2. The van der Waals surface area contributed by atoms with Gasteiger partial charge in [0.2, 0.25) is 0 Å². The van der Waals surface area contributed by atoms with Crippen molar-refractivity contribution in [3.05, 3.63) is 58.6 Å². The molecule has 5 heteroatoms. The van der Waals surface area contributed by atoms with Crippen LogP contribution in [0.15, 0.2) is 30.3 Å². The van der Waals surface area contributed by atoms with E-state index in [1.165, 1.54) is 6.07 Å². The van der Waals surface area contributed by atoms with Crippen LogP contribution in [-0.2, 0) is 0 Å². The monoisotopic (exact) mass is 260 g/mol. The lowest BCUT2D eigenvalue weighted by Gasteiger charge is -2.07. The van der Waals surface area contributed by atoms with Crippen molar-refractivity contribution in [1.82, 2.24) is 0 Å². The minimum absolute atomic E-state index is 0.129. The van der Waals surface area contributed by atoms with Crippen LogP contribution in [0.3, 0.4) is 0 Å². The van der Waals surface area contributed by atoms with Gasteiger partial charge in [-0.25, -0.2) is 17.6 Å². The zero-order valence-corrected chi connectivity index (χ0v) is 9.03. The van der Waals surface area contributed by atoms with Crippen LogP contribution >= 0.6 is 11.6 Å². The van der Waals surface area contributed by atoms with E-state index in [0.29, 0.717) is 12.1 Å². The second kappa shape index (κ2) is 4.37. The molecule has 0 fully saturated rings. The summed E-state index contributed by atoms with van der Waals surface area (Å²) in [6.07, 6.45) is 0. The normalized spacial score (nSPS) is 10.6. The van der Waals surface area contributed by atoms with E-state index in [1.54, 1.807) is 0 Å². The second-order valence-corrected chi connectivity index (χ2v) is 3.81. The van der Waals surface area contributed by atoms with E-state index >= 15 is 0 Å². The SMILES string of the molecule is Fc1cc(F)c(-c2cc(Cl)ccc2F)c(F)c1. The second-order valence-electron chi connectivity index (χ2n) is 3.37. The summed E-state index contributed by atoms with van der Waals surface area (Å²) in [7, 11) is 0. The Morgan fingerprint density at radius 2 is 1.35 bits per heavy atom. The van der Waals surface area contributed by atoms with Gasteiger partial charge in [-0.2, -0.15) is 0 Å². The van der Waals surface area contributed by atoms with Crippen molar-refractivity contribution in [3.63, 3.8) is 0 Å². The fourth-order valence-corrected chi connectivity index (χ4v) is 1.66. The van der Waals surface area contributed by atoms with Crippen LogP contribution in [0, 0.1) is 23.3 Å². The fraction of sp³-hybridized carbons (Fsp3) is 0. The van der Waals surface area contributed by atoms with E-state index in [4.69, 9.17) is 11.6 Å². The standard InChI is InChI=1S/C12H5ClF4/c13-6-1-2-9(15)8(3-6)12-10(16)4-7(14)5-11(12)17/h1-5H. The molecule has 0 aliphatic heterocycles. The minimum atomic E-state index is -1.18. The summed E-state index contributed by atoms with van der Waals surface area (Å²) in [5.74, 6) is -4.25. The summed E-state index contributed by atoms with van der Waals surface area (Å²) in [6.45, 7) is 0. The highest BCUT2D eigenvalue weighted by atomic mass is 35.5. The molecule has 2 aromatic carbocycles. The van der Waals surface area contributed by atoms with Crippen LogP contribution in [0.4, 0.5) is 17.6 Å². The fourth-order valence-electron chi connectivity index (χ4n) is 1.49. The van der Waals surface area contributed by atoms with Crippen LogP contribution in [0.5, 0.6) is 0 Å². The van der Waals surface area contributed by atoms with Gasteiger partial charge >= 0.3 is 0 Å². The molecule has 0 aromatic heterocycles. The van der Waals surface area contributed by atoms with Crippen LogP contribution in [0.2, 0.25) is 5.02 Å². The molecule has 0 aliphatic carbocycles. The summed E-state index contributed by atoms with van der Waals surface area (Å²) >= 11 is 5.62. The van der Waals surface area contributed by atoms with Crippen molar-refractivity contribution in [2.75, 3.05) is 0 Å². The topological polar surface area (TPSA) is 0 Å². The van der Waals surface area contributed by atoms with Crippen LogP contribution in [0.25, 0.3) is 11.1 Å². The third-order valence-electron chi connectivity index (χ3n) is 2.20. The first-order valence-corrected chi connectivity index (χ1v) is 4.97. The zero-order valence-electron chi connectivity index (χ0n) is 8.28. The van der Waals surface area contributed by atoms with Gasteiger partial charge in [0.05, 0.1) is 5.56 Å². The smallest absolute Gasteiger partial charge is 0.136 e. The molecule has 0 saturated heterocycles. The third-order valence-corrected chi connectivity index (χ3v) is 2.44. The molecule has 0 bridgehead atoms. The van der Waals surface area contributed by atoms with Crippen LogP contribution < -0.4 is 0 Å². The molecule has 2 rings (SSSR count). The highest BCUT2D eigenvalue weighted by molar-refractivity contribution is 6.30. The van der Waals surface area contributed by atoms with Crippen molar-refractivity contribution in [3.8, 4) is 11.1 Å². The lowest BCUT2D eigenvalue weighted by Crippen LogP contribution is -1.95. The van der Waals surface area contributed by atoms with Gasteiger partial charge in [-0.05, 0) is 18.2 Å². The summed E-state index contributed by atoms with van der Waals surface area (Å²) in [4.78, 5) is 0. The van der Waals surface area contributed by atoms with Crippen molar-refractivity contribution in [2.45, 2.75) is 0 Å². The van der Waals surface area contributed by atoms with Gasteiger partial charge in [0, 0.05) is 22.7 Å². The average molecular weight is 261 g/mol. The molecule has 88 valence electrons. The van der Waals surface area contributed by atoms with Gasteiger partial charge in [0.15, 0.2) is 0 Å². The van der Waals surface area contributed by atoms with Crippen molar-refractivity contribution in [2.24, 2.45) is 0 Å². The molecule has 2 aromatic rings. The lowest BCUT2D eigenvalue weighted by molar-refractivity contribution is 0.545. The number of rotatable bonds is 1. The molecule has 0 radical (unpaired) electrons. The highest BCUT2D eigenvalue weighted by Gasteiger charge is 2.17. The Bertz CT molecular complexity index is 558. The Balaban J connectivity index is 2.72. The predicted molar refractivity (Wildman–Crippen MR) is 56.7 cm³/mol. The van der Waals surface area contributed by atoms with Crippen molar-refractivity contribution < 1.29 is 17.6 Å². The summed E-state index contributed by atoms with van der Waals surface area (Å²) in [6, 6.07) is 4.29. The number of hydrogen-bond donors (Lipinski definition) is 0. The van der Waals surface area contributed by atoms with Crippen LogP contribution in [0.1, 0.15) is 0 Å². The zero-order chi connectivity index (χ0) is 12.6. The molecule has 0 N–H and O–H groups in total. The molecule has 0 heterocycles. The first-order chi connectivity index (χ1) is 7.99. The van der Waals surface area contributed by atoms with E-state index in [2.05, 4.69) is 0 Å². The summed E-state index contributed by atoms with van der Waals surface area (Å²) < 4.78 is 53.0. The van der Waals surface area contributed by atoms with E-state index in [0.717, 1.165) is 12.1 Å². The Labute approximate surface area is 99.5 Å². The van der Waals surface area contributed by atoms with Crippen molar-refractivity contribution >= 4 is 11.6 Å². The number of halogens is 5. The molecule has 17 heavy (non-hydrogen) atoms. The minimum Gasteiger partial charge on any atom is -0.207 e. The average Bonchev–Trinajstić information content (AvgIpc) is 2.21. The molecule has 0 unspecified atom stereocenters. The summed E-state index contributed by atoms with van der Waals surface area (Å²) in [5.41, 5.74) is -0.973. The van der Waals surface area contributed by atoms with E-state index in [9.17, 15) is 17.6 Å². The molecule has 0 amide bonds. The maximum Gasteiger partial charge on any atom is 0.136 e. The first-order valence-electron chi connectivity index (χ1n) is 4.59. The maximum atomic E-state index is 13.4. The largest absolute Gasteiger partial charge is 0.207 e. The van der Waals surface area contributed by atoms with Gasteiger partial charge in [0.1, 0.15) is 23.3 Å². The van der Waals surface area contributed by atoms with E-state index < -0.39 is 28.8 Å². The molecular formula is C12H5ClF4. The Morgan fingerprint density at radius 3 is 1.94 bits per heavy atom.